The summed E-state index contributed by atoms with van der Waals surface area (Å²) >= 11 is 0. The number of hydrogen-bond donors (Lipinski definition) is 1. The third-order valence-corrected chi connectivity index (χ3v) is 3.22. The fourth-order valence-electron chi connectivity index (χ4n) is 2.24. The van der Waals surface area contributed by atoms with Crippen molar-refractivity contribution in [3.63, 3.8) is 0 Å². The van der Waals surface area contributed by atoms with E-state index in [1.54, 1.807) is 42.3 Å². The van der Waals surface area contributed by atoms with Crippen molar-refractivity contribution >= 4 is 5.69 Å². The van der Waals surface area contributed by atoms with Gasteiger partial charge in [0.2, 0.25) is 0 Å². The Morgan fingerprint density at radius 1 is 1.05 bits per heavy atom. The van der Waals surface area contributed by atoms with Gasteiger partial charge in [-0.2, -0.15) is 0 Å². The van der Waals surface area contributed by atoms with Crippen LogP contribution in [0.3, 0.4) is 0 Å². The predicted molar refractivity (Wildman–Crippen MR) is 75.5 cm³/mol. The molecule has 0 fully saturated rings. The van der Waals surface area contributed by atoms with E-state index in [9.17, 15) is 13.9 Å². The minimum absolute atomic E-state index is 0.228. The molecule has 2 rings (SSSR count). The molecule has 20 heavy (non-hydrogen) atoms. The summed E-state index contributed by atoms with van der Waals surface area (Å²) in [6.45, 7) is 1.81. The van der Waals surface area contributed by atoms with Gasteiger partial charge in [-0.1, -0.05) is 24.3 Å². The Balaban J connectivity index is 2.33. The van der Waals surface area contributed by atoms with Gasteiger partial charge in [-0.25, -0.2) is 8.78 Å². The highest BCUT2D eigenvalue weighted by Gasteiger charge is 2.17. The lowest BCUT2D eigenvalue weighted by Gasteiger charge is -2.24. The lowest BCUT2D eigenvalue weighted by Crippen LogP contribution is -2.20. The Morgan fingerprint density at radius 2 is 1.70 bits per heavy atom. The predicted octanol–water partition coefficient (Wildman–Crippen LogP) is 3.65. The van der Waals surface area contributed by atoms with E-state index in [0.717, 1.165) is 0 Å². The van der Waals surface area contributed by atoms with Crippen molar-refractivity contribution in [3.05, 3.63) is 65.2 Å². The normalized spacial score (nSPS) is 12.2. The molecule has 1 atom stereocenters. The summed E-state index contributed by atoms with van der Waals surface area (Å²) in [5.41, 5.74) is 1.31. The van der Waals surface area contributed by atoms with Crippen LogP contribution in [0.15, 0.2) is 42.5 Å². The van der Waals surface area contributed by atoms with Gasteiger partial charge in [-0.05, 0) is 25.1 Å². The van der Waals surface area contributed by atoms with E-state index in [-0.39, 0.29) is 11.4 Å². The van der Waals surface area contributed by atoms with Gasteiger partial charge in [0.15, 0.2) is 0 Å². The standard InChI is InChI=1S/C16H17F2NO/c1-11(20)16-14(18)8-5-9-15(16)19(2)10-12-6-3-4-7-13(12)17/h3-9,11,20H,10H2,1-2H3. The first kappa shape index (κ1) is 14.5. The lowest BCUT2D eigenvalue weighted by molar-refractivity contribution is 0.194. The third-order valence-electron chi connectivity index (χ3n) is 3.22. The molecule has 0 saturated heterocycles. The summed E-state index contributed by atoms with van der Waals surface area (Å²) in [7, 11) is 1.74. The van der Waals surface area contributed by atoms with Crippen molar-refractivity contribution in [1.82, 2.24) is 0 Å². The molecule has 1 N–H and O–H groups in total. The minimum Gasteiger partial charge on any atom is -0.389 e. The Morgan fingerprint density at radius 3 is 2.35 bits per heavy atom. The van der Waals surface area contributed by atoms with E-state index in [1.807, 2.05) is 0 Å². The number of rotatable bonds is 4. The van der Waals surface area contributed by atoms with Gasteiger partial charge in [0.1, 0.15) is 11.6 Å². The molecule has 0 aliphatic carbocycles. The number of hydrogen-bond acceptors (Lipinski definition) is 2. The van der Waals surface area contributed by atoms with Crippen LogP contribution in [0, 0.1) is 11.6 Å². The van der Waals surface area contributed by atoms with Crippen molar-refractivity contribution in [1.29, 1.82) is 0 Å². The van der Waals surface area contributed by atoms with Gasteiger partial charge >= 0.3 is 0 Å². The van der Waals surface area contributed by atoms with E-state index in [0.29, 0.717) is 17.8 Å². The average molecular weight is 277 g/mol. The maximum Gasteiger partial charge on any atom is 0.131 e. The van der Waals surface area contributed by atoms with Crippen LogP contribution in [0.25, 0.3) is 0 Å². The highest BCUT2D eigenvalue weighted by molar-refractivity contribution is 5.55. The quantitative estimate of drug-likeness (QED) is 0.922. The summed E-state index contributed by atoms with van der Waals surface area (Å²) in [5.74, 6) is -0.757. The second-order valence-corrected chi connectivity index (χ2v) is 4.80. The van der Waals surface area contributed by atoms with Crippen molar-refractivity contribution in [2.75, 3.05) is 11.9 Å². The van der Waals surface area contributed by atoms with Crippen LogP contribution in [0.2, 0.25) is 0 Å². The molecule has 0 radical (unpaired) electrons. The van der Waals surface area contributed by atoms with Crippen LogP contribution < -0.4 is 4.90 Å². The number of aliphatic hydroxyl groups excluding tert-OH is 1. The minimum atomic E-state index is -0.922. The molecule has 0 spiro atoms. The van der Waals surface area contributed by atoms with Gasteiger partial charge < -0.3 is 10.0 Å². The average Bonchev–Trinajstić information content (AvgIpc) is 2.40. The Kier molecular flexibility index (Phi) is 4.35. The molecule has 2 aromatic rings. The van der Waals surface area contributed by atoms with E-state index in [1.165, 1.54) is 19.1 Å². The Hall–Kier alpha value is -1.94. The fourth-order valence-corrected chi connectivity index (χ4v) is 2.24. The largest absolute Gasteiger partial charge is 0.389 e. The summed E-state index contributed by atoms with van der Waals surface area (Å²) in [5, 5.41) is 9.71. The summed E-state index contributed by atoms with van der Waals surface area (Å²) < 4.78 is 27.5. The van der Waals surface area contributed by atoms with Crippen LogP contribution in [0.5, 0.6) is 0 Å². The number of nitrogens with zero attached hydrogens (tertiary/aromatic N) is 1. The van der Waals surface area contributed by atoms with Crippen molar-refractivity contribution < 1.29 is 13.9 Å². The van der Waals surface area contributed by atoms with Crippen LogP contribution in [0.1, 0.15) is 24.2 Å². The Bertz CT molecular complexity index is 599. The van der Waals surface area contributed by atoms with Crippen LogP contribution in [-0.2, 0) is 6.54 Å². The molecule has 1 unspecified atom stereocenters. The third kappa shape index (κ3) is 2.96. The number of benzene rings is 2. The number of aliphatic hydroxyl groups is 1. The lowest BCUT2D eigenvalue weighted by atomic mass is 10.1. The van der Waals surface area contributed by atoms with Crippen molar-refractivity contribution in [3.8, 4) is 0 Å². The van der Waals surface area contributed by atoms with E-state index in [2.05, 4.69) is 0 Å². The smallest absolute Gasteiger partial charge is 0.131 e. The second kappa shape index (κ2) is 6.01. The highest BCUT2D eigenvalue weighted by Crippen LogP contribution is 2.29. The van der Waals surface area contributed by atoms with Crippen molar-refractivity contribution in [2.45, 2.75) is 19.6 Å². The monoisotopic (exact) mass is 277 g/mol. The molecule has 0 aliphatic heterocycles. The van der Waals surface area contributed by atoms with Crippen LogP contribution in [0.4, 0.5) is 14.5 Å². The fraction of sp³-hybridized carbons (Fsp3) is 0.250. The molecule has 2 aromatic carbocycles. The van der Waals surface area contributed by atoms with Crippen LogP contribution >= 0.6 is 0 Å². The van der Waals surface area contributed by atoms with E-state index < -0.39 is 11.9 Å². The van der Waals surface area contributed by atoms with Crippen LogP contribution in [-0.4, -0.2) is 12.2 Å². The zero-order valence-electron chi connectivity index (χ0n) is 11.5. The zero-order valence-corrected chi connectivity index (χ0v) is 11.5. The Labute approximate surface area is 117 Å². The topological polar surface area (TPSA) is 23.5 Å². The van der Waals surface area contributed by atoms with Gasteiger partial charge in [-0.15, -0.1) is 0 Å². The summed E-state index contributed by atoms with van der Waals surface area (Å²) in [6, 6.07) is 11.1. The highest BCUT2D eigenvalue weighted by atomic mass is 19.1. The molecule has 0 aromatic heterocycles. The van der Waals surface area contributed by atoms with Gasteiger partial charge in [-0.3, -0.25) is 0 Å². The maximum atomic E-state index is 13.8. The number of halogens is 2. The molecule has 0 bridgehead atoms. The first-order valence-electron chi connectivity index (χ1n) is 6.41. The number of anilines is 1. The second-order valence-electron chi connectivity index (χ2n) is 4.80. The molecule has 0 amide bonds. The van der Waals surface area contributed by atoms with Gasteiger partial charge in [0.05, 0.1) is 6.10 Å². The molecular weight excluding hydrogens is 260 g/mol. The van der Waals surface area contributed by atoms with Crippen molar-refractivity contribution in [2.24, 2.45) is 0 Å². The molecule has 106 valence electrons. The zero-order chi connectivity index (χ0) is 14.7. The summed E-state index contributed by atoms with van der Waals surface area (Å²) in [4.78, 5) is 1.73. The molecule has 2 nitrogen and oxygen atoms in total. The van der Waals surface area contributed by atoms with Gasteiger partial charge in [0.25, 0.3) is 0 Å². The molecular formula is C16H17F2NO. The van der Waals surface area contributed by atoms with Gasteiger partial charge in [0, 0.05) is 30.4 Å². The maximum absolute atomic E-state index is 13.8. The molecule has 4 heteroatoms. The first-order valence-corrected chi connectivity index (χ1v) is 6.41. The molecule has 0 aliphatic rings. The van der Waals surface area contributed by atoms with E-state index >= 15 is 0 Å². The van der Waals surface area contributed by atoms with E-state index in [4.69, 9.17) is 0 Å². The summed E-state index contributed by atoms with van der Waals surface area (Å²) in [6.07, 6.45) is -0.922. The SMILES string of the molecule is CC(O)c1c(F)cccc1N(C)Cc1ccccc1F. The first-order chi connectivity index (χ1) is 9.50. The molecule has 0 heterocycles. The molecule has 0 saturated carbocycles.